The Morgan fingerprint density at radius 2 is 2.21 bits per heavy atom. The predicted molar refractivity (Wildman–Crippen MR) is 72.7 cm³/mol. The van der Waals surface area contributed by atoms with Crippen LogP contribution in [0, 0.1) is 6.92 Å². The number of hydrogen-bond acceptors (Lipinski definition) is 4. The molecule has 98 valence electrons. The molecular formula is C13H14N4O2. The number of nitrogen functional groups attached to an aromatic ring is 1. The maximum Gasteiger partial charge on any atom is 0.251 e. The molecule has 0 radical (unpaired) electrons. The number of aryl methyl sites for hydroxylation is 1. The van der Waals surface area contributed by atoms with Crippen LogP contribution in [0.3, 0.4) is 0 Å². The van der Waals surface area contributed by atoms with E-state index in [0.717, 1.165) is 5.56 Å². The lowest BCUT2D eigenvalue weighted by molar-refractivity contribution is -0.116. The largest absolute Gasteiger partial charge is 0.398 e. The van der Waals surface area contributed by atoms with Gasteiger partial charge in [-0.15, -0.1) is 0 Å². The third-order valence-corrected chi connectivity index (χ3v) is 2.59. The first kappa shape index (κ1) is 12.8. The molecule has 0 atom stereocenters. The van der Waals surface area contributed by atoms with Crippen LogP contribution in [0.15, 0.2) is 41.5 Å². The fourth-order valence-electron chi connectivity index (χ4n) is 1.62. The Morgan fingerprint density at radius 3 is 2.95 bits per heavy atom. The van der Waals surface area contributed by atoms with Crippen LogP contribution in [-0.4, -0.2) is 15.5 Å². The van der Waals surface area contributed by atoms with Crippen molar-refractivity contribution in [3.8, 4) is 0 Å². The van der Waals surface area contributed by atoms with E-state index in [-0.39, 0.29) is 18.0 Å². The normalized spacial score (nSPS) is 10.2. The van der Waals surface area contributed by atoms with E-state index in [4.69, 9.17) is 5.73 Å². The van der Waals surface area contributed by atoms with Crippen molar-refractivity contribution >= 4 is 17.4 Å². The molecule has 2 rings (SSSR count). The van der Waals surface area contributed by atoms with Gasteiger partial charge in [0.1, 0.15) is 12.4 Å². The highest BCUT2D eigenvalue weighted by molar-refractivity contribution is 5.90. The molecule has 0 aliphatic carbocycles. The summed E-state index contributed by atoms with van der Waals surface area (Å²) in [5, 5.41) is 2.65. The second-order valence-corrected chi connectivity index (χ2v) is 4.15. The molecule has 0 aromatic carbocycles. The molecule has 6 nitrogen and oxygen atoms in total. The Labute approximate surface area is 109 Å². The second-order valence-electron chi connectivity index (χ2n) is 4.15. The number of nitrogens with one attached hydrogen (secondary N) is 1. The zero-order valence-electron chi connectivity index (χ0n) is 10.5. The molecule has 3 N–H and O–H groups in total. The zero-order valence-corrected chi connectivity index (χ0v) is 10.5. The highest BCUT2D eigenvalue weighted by Crippen LogP contribution is 2.08. The lowest BCUT2D eigenvalue weighted by atomic mass is 10.3. The minimum Gasteiger partial charge on any atom is -0.398 e. The Bertz CT molecular complexity index is 664. The number of anilines is 2. The number of rotatable bonds is 3. The molecule has 1 amide bonds. The fraction of sp³-hybridized carbons (Fsp3) is 0.154. The molecule has 2 aromatic rings. The minimum absolute atomic E-state index is 0.0973. The average Bonchev–Trinajstić information content (AvgIpc) is 2.37. The maximum atomic E-state index is 11.8. The summed E-state index contributed by atoms with van der Waals surface area (Å²) in [4.78, 5) is 27.4. The molecule has 6 heteroatoms. The number of nitrogens with two attached hydrogens (primary N) is 1. The molecule has 19 heavy (non-hydrogen) atoms. The first-order valence-electron chi connectivity index (χ1n) is 5.74. The molecule has 0 unspecified atom stereocenters. The van der Waals surface area contributed by atoms with Crippen LogP contribution in [-0.2, 0) is 11.3 Å². The Kier molecular flexibility index (Phi) is 3.61. The van der Waals surface area contributed by atoms with E-state index in [1.807, 2.05) is 13.0 Å². The van der Waals surface area contributed by atoms with E-state index in [9.17, 15) is 9.59 Å². The van der Waals surface area contributed by atoms with Crippen LogP contribution in [0.5, 0.6) is 0 Å². The van der Waals surface area contributed by atoms with Crippen LogP contribution in [0.2, 0.25) is 0 Å². The highest BCUT2D eigenvalue weighted by Gasteiger charge is 2.07. The molecule has 0 aliphatic rings. The van der Waals surface area contributed by atoms with E-state index < -0.39 is 0 Å². The average molecular weight is 258 g/mol. The lowest BCUT2D eigenvalue weighted by Gasteiger charge is -2.08. The van der Waals surface area contributed by atoms with E-state index in [1.54, 1.807) is 12.3 Å². The van der Waals surface area contributed by atoms with Crippen molar-refractivity contribution < 1.29 is 4.79 Å². The van der Waals surface area contributed by atoms with E-state index in [1.165, 1.54) is 22.9 Å². The van der Waals surface area contributed by atoms with Gasteiger partial charge in [-0.3, -0.25) is 9.59 Å². The lowest BCUT2D eigenvalue weighted by Crippen LogP contribution is -2.27. The van der Waals surface area contributed by atoms with Gasteiger partial charge in [0, 0.05) is 24.1 Å². The number of aromatic nitrogens is 2. The summed E-state index contributed by atoms with van der Waals surface area (Å²) < 4.78 is 1.25. The molecule has 0 saturated carbocycles. The number of carbonyl (C=O) groups excluding carboxylic acids is 1. The summed E-state index contributed by atoms with van der Waals surface area (Å²) in [5.74, 6) is 0.166. The number of pyridine rings is 2. The number of amides is 1. The first-order valence-corrected chi connectivity index (χ1v) is 5.74. The maximum absolute atomic E-state index is 11.8. The monoisotopic (exact) mass is 258 g/mol. The molecule has 0 saturated heterocycles. The first-order chi connectivity index (χ1) is 9.06. The predicted octanol–water partition coefficient (Wildman–Crippen LogP) is 0.773. The van der Waals surface area contributed by atoms with Crippen molar-refractivity contribution in [1.82, 2.24) is 9.55 Å². The van der Waals surface area contributed by atoms with Crippen molar-refractivity contribution in [2.24, 2.45) is 0 Å². The van der Waals surface area contributed by atoms with Gasteiger partial charge in [0.2, 0.25) is 5.91 Å². The van der Waals surface area contributed by atoms with Gasteiger partial charge in [0.25, 0.3) is 5.56 Å². The van der Waals surface area contributed by atoms with E-state index in [2.05, 4.69) is 10.3 Å². The summed E-state index contributed by atoms with van der Waals surface area (Å²) in [6.45, 7) is 1.75. The Balaban J connectivity index is 2.12. The molecule has 0 bridgehead atoms. The number of hydrogen-bond donors (Lipinski definition) is 2. The van der Waals surface area contributed by atoms with Gasteiger partial charge in [-0.05, 0) is 24.6 Å². The fourth-order valence-corrected chi connectivity index (χ4v) is 1.62. The van der Waals surface area contributed by atoms with Crippen molar-refractivity contribution in [3.05, 3.63) is 52.6 Å². The molecule has 2 heterocycles. The van der Waals surface area contributed by atoms with Crippen LogP contribution >= 0.6 is 0 Å². The summed E-state index contributed by atoms with van der Waals surface area (Å²) in [6.07, 6.45) is 3.03. The highest BCUT2D eigenvalue weighted by atomic mass is 16.2. The van der Waals surface area contributed by atoms with Crippen LogP contribution in [0.1, 0.15) is 5.56 Å². The van der Waals surface area contributed by atoms with Crippen LogP contribution in [0.25, 0.3) is 0 Å². The molecule has 0 aliphatic heterocycles. The SMILES string of the molecule is Cc1cccnc1NC(=O)Cn1cc(N)ccc1=O. The standard InChI is InChI=1S/C13H14N4O2/c1-9-3-2-6-15-13(9)16-11(18)8-17-7-10(14)4-5-12(17)19/h2-7H,8,14H2,1H3,(H,15,16,18). The van der Waals surface area contributed by atoms with E-state index in [0.29, 0.717) is 11.5 Å². The number of carbonyl (C=O) groups is 1. The van der Waals surface area contributed by atoms with Gasteiger partial charge >= 0.3 is 0 Å². The molecule has 2 aromatic heterocycles. The van der Waals surface area contributed by atoms with Gasteiger partial charge < -0.3 is 15.6 Å². The van der Waals surface area contributed by atoms with Crippen molar-refractivity contribution in [2.75, 3.05) is 11.1 Å². The van der Waals surface area contributed by atoms with Gasteiger partial charge in [-0.1, -0.05) is 6.07 Å². The third-order valence-electron chi connectivity index (χ3n) is 2.59. The van der Waals surface area contributed by atoms with Gasteiger partial charge in [0.15, 0.2) is 0 Å². The van der Waals surface area contributed by atoms with Gasteiger partial charge in [-0.25, -0.2) is 4.98 Å². The Hall–Kier alpha value is -2.63. The quantitative estimate of drug-likeness (QED) is 0.851. The molecule has 0 spiro atoms. The summed E-state index contributed by atoms with van der Waals surface area (Å²) in [5.41, 5.74) is 6.59. The summed E-state index contributed by atoms with van der Waals surface area (Å²) in [6, 6.07) is 6.46. The van der Waals surface area contributed by atoms with Gasteiger partial charge in [0.05, 0.1) is 0 Å². The topological polar surface area (TPSA) is 90.0 Å². The number of nitrogens with zero attached hydrogens (tertiary/aromatic N) is 2. The van der Waals surface area contributed by atoms with Gasteiger partial charge in [-0.2, -0.15) is 0 Å². The molecule has 0 fully saturated rings. The third kappa shape index (κ3) is 3.19. The Morgan fingerprint density at radius 1 is 1.42 bits per heavy atom. The van der Waals surface area contributed by atoms with Crippen molar-refractivity contribution in [2.45, 2.75) is 13.5 Å². The molecular weight excluding hydrogens is 244 g/mol. The minimum atomic E-state index is -0.325. The summed E-state index contributed by atoms with van der Waals surface area (Å²) >= 11 is 0. The smallest absolute Gasteiger partial charge is 0.251 e. The summed E-state index contributed by atoms with van der Waals surface area (Å²) in [7, 11) is 0. The van der Waals surface area contributed by atoms with Crippen LogP contribution in [0.4, 0.5) is 11.5 Å². The van der Waals surface area contributed by atoms with E-state index >= 15 is 0 Å². The van der Waals surface area contributed by atoms with Crippen LogP contribution < -0.4 is 16.6 Å². The van der Waals surface area contributed by atoms with Crippen molar-refractivity contribution in [3.63, 3.8) is 0 Å². The van der Waals surface area contributed by atoms with Crippen molar-refractivity contribution in [1.29, 1.82) is 0 Å². The zero-order chi connectivity index (χ0) is 13.8. The second kappa shape index (κ2) is 5.34.